The van der Waals surface area contributed by atoms with Crippen LogP contribution >= 0.6 is 0 Å². The fraction of sp³-hybridized carbons (Fsp3) is 0.500. The van der Waals surface area contributed by atoms with Gasteiger partial charge in [0.15, 0.2) is 0 Å². The third-order valence-corrected chi connectivity index (χ3v) is 5.83. The lowest BCUT2D eigenvalue weighted by atomic mass is 9.93. The molecule has 1 aromatic carbocycles. The molecule has 0 heterocycles. The first-order valence-corrected chi connectivity index (χ1v) is 8.18. The number of hydrogen-bond donors (Lipinski definition) is 1. The molecule has 2 atom stereocenters. The van der Waals surface area contributed by atoms with Gasteiger partial charge in [-0.1, -0.05) is 18.9 Å². The van der Waals surface area contributed by atoms with Gasteiger partial charge >= 0.3 is 0 Å². The molecular formula is C14H17FN2O3S. The van der Waals surface area contributed by atoms with Gasteiger partial charge < -0.3 is 5.11 Å². The third kappa shape index (κ3) is 2.93. The number of halogens is 1. The zero-order valence-electron chi connectivity index (χ0n) is 11.7. The van der Waals surface area contributed by atoms with Crippen molar-refractivity contribution in [2.75, 3.05) is 7.05 Å². The molecule has 5 nitrogen and oxygen atoms in total. The number of rotatable bonds is 3. The monoisotopic (exact) mass is 312 g/mol. The summed E-state index contributed by atoms with van der Waals surface area (Å²) in [7, 11) is -2.66. The molecule has 114 valence electrons. The minimum absolute atomic E-state index is 0.356. The van der Waals surface area contributed by atoms with E-state index in [0.29, 0.717) is 12.8 Å². The predicted octanol–water partition coefficient (Wildman–Crippen LogP) is 1.62. The van der Waals surface area contributed by atoms with Crippen LogP contribution in [0.25, 0.3) is 0 Å². The molecule has 0 spiro atoms. The van der Waals surface area contributed by atoms with Gasteiger partial charge in [0.1, 0.15) is 22.3 Å². The average molecular weight is 312 g/mol. The highest BCUT2D eigenvalue weighted by Crippen LogP contribution is 2.28. The molecule has 7 heteroatoms. The fourth-order valence-corrected chi connectivity index (χ4v) is 4.24. The maximum absolute atomic E-state index is 13.6. The summed E-state index contributed by atoms with van der Waals surface area (Å²) < 4.78 is 39.9. The average Bonchev–Trinajstić information content (AvgIpc) is 2.46. The summed E-state index contributed by atoms with van der Waals surface area (Å²) in [5, 5.41) is 19.0. The van der Waals surface area contributed by atoms with Crippen molar-refractivity contribution < 1.29 is 17.9 Å². The molecule has 1 aromatic rings. The lowest BCUT2D eigenvalue weighted by Crippen LogP contribution is -2.46. The maximum atomic E-state index is 13.6. The Bertz CT molecular complexity index is 669. The van der Waals surface area contributed by atoms with E-state index >= 15 is 0 Å². The number of likely N-dealkylation sites (N-methyl/N-ethyl adjacent to an activating group) is 1. The van der Waals surface area contributed by atoms with Crippen molar-refractivity contribution in [1.82, 2.24) is 4.31 Å². The lowest BCUT2D eigenvalue weighted by Gasteiger charge is -2.34. The van der Waals surface area contributed by atoms with Crippen molar-refractivity contribution in [3.63, 3.8) is 0 Å². The minimum Gasteiger partial charge on any atom is -0.391 e. The van der Waals surface area contributed by atoms with Crippen LogP contribution in [0.3, 0.4) is 0 Å². The molecule has 1 saturated carbocycles. The number of hydrogen-bond acceptors (Lipinski definition) is 4. The first-order valence-electron chi connectivity index (χ1n) is 6.74. The van der Waals surface area contributed by atoms with E-state index < -0.39 is 33.5 Å². The Kier molecular flexibility index (Phi) is 4.61. The first-order chi connectivity index (χ1) is 9.89. The van der Waals surface area contributed by atoms with Crippen molar-refractivity contribution in [1.29, 1.82) is 5.26 Å². The highest BCUT2D eigenvalue weighted by Gasteiger charge is 2.35. The Labute approximate surface area is 123 Å². The third-order valence-electron chi connectivity index (χ3n) is 3.91. The molecule has 0 aliphatic heterocycles. The lowest BCUT2D eigenvalue weighted by molar-refractivity contribution is 0.0638. The molecule has 1 fully saturated rings. The van der Waals surface area contributed by atoms with Gasteiger partial charge in [-0.15, -0.1) is 0 Å². The zero-order chi connectivity index (χ0) is 15.6. The summed E-state index contributed by atoms with van der Waals surface area (Å²) >= 11 is 0. The summed E-state index contributed by atoms with van der Waals surface area (Å²) in [6.45, 7) is 0. The Morgan fingerprint density at radius 2 is 2.05 bits per heavy atom. The summed E-state index contributed by atoms with van der Waals surface area (Å²) in [4.78, 5) is -0.356. The first kappa shape index (κ1) is 15.9. The van der Waals surface area contributed by atoms with E-state index in [2.05, 4.69) is 0 Å². The van der Waals surface area contributed by atoms with Gasteiger partial charge in [0, 0.05) is 7.05 Å². The summed E-state index contributed by atoms with van der Waals surface area (Å²) in [5.41, 5.74) is -0.491. The Hall–Kier alpha value is -1.49. The molecule has 0 amide bonds. The van der Waals surface area contributed by atoms with Gasteiger partial charge in [0.25, 0.3) is 0 Å². The minimum atomic E-state index is -4.03. The number of aliphatic hydroxyl groups excluding tert-OH is 1. The number of sulfonamides is 1. The normalized spacial score (nSPS) is 23.0. The van der Waals surface area contributed by atoms with Gasteiger partial charge in [-0.2, -0.15) is 9.57 Å². The predicted molar refractivity (Wildman–Crippen MR) is 74.3 cm³/mol. The van der Waals surface area contributed by atoms with Crippen LogP contribution in [0.4, 0.5) is 4.39 Å². The van der Waals surface area contributed by atoms with Gasteiger partial charge in [0.05, 0.1) is 12.1 Å². The van der Waals surface area contributed by atoms with E-state index in [1.807, 2.05) is 0 Å². The van der Waals surface area contributed by atoms with Crippen LogP contribution in [-0.4, -0.2) is 37.0 Å². The largest absolute Gasteiger partial charge is 0.391 e. The second-order valence-corrected chi connectivity index (χ2v) is 7.13. The van der Waals surface area contributed by atoms with Crippen LogP contribution in [0.15, 0.2) is 23.1 Å². The number of benzene rings is 1. The van der Waals surface area contributed by atoms with Crippen LogP contribution in [0.2, 0.25) is 0 Å². The van der Waals surface area contributed by atoms with E-state index in [4.69, 9.17) is 5.26 Å². The quantitative estimate of drug-likeness (QED) is 0.919. The number of nitriles is 1. The van der Waals surface area contributed by atoms with Crippen LogP contribution in [0, 0.1) is 17.1 Å². The Morgan fingerprint density at radius 3 is 2.67 bits per heavy atom. The molecular weight excluding hydrogens is 295 g/mol. The zero-order valence-corrected chi connectivity index (χ0v) is 12.5. The van der Waals surface area contributed by atoms with Crippen LogP contribution < -0.4 is 0 Å². The SMILES string of the molecule is CN(C1CCCCC1O)S(=O)(=O)c1cccc(F)c1C#N. The Morgan fingerprint density at radius 1 is 1.38 bits per heavy atom. The van der Waals surface area contributed by atoms with Gasteiger partial charge in [-0.3, -0.25) is 0 Å². The van der Waals surface area contributed by atoms with Gasteiger partial charge in [-0.05, 0) is 25.0 Å². The van der Waals surface area contributed by atoms with Crippen LogP contribution in [0.5, 0.6) is 0 Å². The van der Waals surface area contributed by atoms with E-state index in [0.717, 1.165) is 23.2 Å². The van der Waals surface area contributed by atoms with E-state index in [-0.39, 0.29) is 4.90 Å². The summed E-state index contributed by atoms with van der Waals surface area (Å²) in [6.07, 6.45) is 2.04. The highest BCUT2D eigenvalue weighted by atomic mass is 32.2. The van der Waals surface area contributed by atoms with Crippen LogP contribution in [0.1, 0.15) is 31.2 Å². The highest BCUT2D eigenvalue weighted by molar-refractivity contribution is 7.89. The summed E-state index contributed by atoms with van der Waals surface area (Å²) in [6, 6.07) is 4.57. The number of nitrogens with zero attached hydrogens (tertiary/aromatic N) is 2. The standard InChI is InChI=1S/C14H17FN2O3S/c1-17(12-6-2-3-7-13(12)18)21(19,20)14-8-4-5-11(15)10(14)9-16/h4-5,8,12-13,18H,2-3,6-7H2,1H3. The van der Waals surface area contributed by atoms with E-state index in [1.165, 1.54) is 19.2 Å². The molecule has 0 bridgehead atoms. The van der Waals surface area contributed by atoms with Gasteiger partial charge in [0.2, 0.25) is 10.0 Å². The van der Waals surface area contributed by atoms with Crippen LogP contribution in [-0.2, 0) is 10.0 Å². The van der Waals surface area contributed by atoms with Crippen molar-refractivity contribution >= 4 is 10.0 Å². The van der Waals surface area contributed by atoms with Gasteiger partial charge in [-0.25, -0.2) is 12.8 Å². The molecule has 0 saturated heterocycles. The molecule has 0 radical (unpaired) electrons. The van der Waals surface area contributed by atoms with Crippen molar-refractivity contribution in [3.8, 4) is 6.07 Å². The molecule has 2 unspecified atom stereocenters. The van der Waals surface area contributed by atoms with E-state index in [9.17, 15) is 17.9 Å². The second-order valence-electron chi connectivity index (χ2n) is 5.17. The smallest absolute Gasteiger partial charge is 0.244 e. The molecule has 21 heavy (non-hydrogen) atoms. The molecule has 2 rings (SSSR count). The topological polar surface area (TPSA) is 81.4 Å². The van der Waals surface area contributed by atoms with Crippen molar-refractivity contribution in [2.45, 2.75) is 42.7 Å². The Balaban J connectivity index is 2.43. The molecule has 0 aromatic heterocycles. The molecule has 1 aliphatic rings. The fourth-order valence-electron chi connectivity index (χ4n) is 2.68. The number of aliphatic hydroxyl groups is 1. The van der Waals surface area contributed by atoms with Crippen molar-refractivity contribution in [3.05, 3.63) is 29.6 Å². The molecule has 1 N–H and O–H groups in total. The molecule has 1 aliphatic carbocycles. The van der Waals surface area contributed by atoms with E-state index in [1.54, 1.807) is 6.07 Å². The van der Waals surface area contributed by atoms with Crippen molar-refractivity contribution in [2.24, 2.45) is 0 Å². The maximum Gasteiger partial charge on any atom is 0.244 e. The summed E-state index contributed by atoms with van der Waals surface area (Å²) in [5.74, 6) is -0.865. The second kappa shape index (κ2) is 6.10.